The number of rotatable bonds is 3. The van der Waals surface area contributed by atoms with E-state index in [0.717, 1.165) is 36.9 Å². The third kappa shape index (κ3) is 2.90. The number of hydrogen-bond acceptors (Lipinski definition) is 3. The minimum atomic E-state index is -0.329. The number of nitriles is 1. The molecule has 0 aliphatic carbocycles. The highest BCUT2D eigenvalue weighted by molar-refractivity contribution is 5.40. The fraction of sp³-hybridized carbons (Fsp3) is 0.562. The van der Waals surface area contributed by atoms with Crippen LogP contribution in [0.5, 0.6) is 5.75 Å². The SMILES string of the molecule is CCC1CCCCN1C(C#N)c1cc(C)ccc1O. The highest BCUT2D eigenvalue weighted by Gasteiger charge is 2.30. The maximum Gasteiger partial charge on any atom is 0.127 e. The van der Waals surface area contributed by atoms with Crippen molar-refractivity contribution in [3.05, 3.63) is 29.3 Å². The highest BCUT2D eigenvalue weighted by Crippen LogP contribution is 2.34. The molecule has 0 bridgehead atoms. The number of phenolic OH excluding ortho intramolecular Hbond substituents is 1. The first-order valence-electron chi connectivity index (χ1n) is 7.12. The van der Waals surface area contributed by atoms with Crippen LogP contribution in [0.25, 0.3) is 0 Å². The first kappa shape index (κ1) is 13.9. The third-order valence-corrected chi connectivity index (χ3v) is 4.08. The summed E-state index contributed by atoms with van der Waals surface area (Å²) in [4.78, 5) is 2.26. The van der Waals surface area contributed by atoms with Crippen molar-refractivity contribution in [1.82, 2.24) is 4.90 Å². The topological polar surface area (TPSA) is 47.3 Å². The van der Waals surface area contributed by atoms with Gasteiger partial charge in [0.25, 0.3) is 0 Å². The molecule has 2 rings (SSSR count). The van der Waals surface area contributed by atoms with Gasteiger partial charge in [0.05, 0.1) is 6.07 Å². The summed E-state index contributed by atoms with van der Waals surface area (Å²) in [6.45, 7) is 5.11. The number of hydrogen-bond donors (Lipinski definition) is 1. The van der Waals surface area contributed by atoms with Crippen molar-refractivity contribution in [1.29, 1.82) is 5.26 Å². The molecular weight excluding hydrogens is 236 g/mol. The molecule has 19 heavy (non-hydrogen) atoms. The molecule has 0 amide bonds. The van der Waals surface area contributed by atoms with E-state index < -0.39 is 0 Å². The predicted molar refractivity (Wildman–Crippen MR) is 75.8 cm³/mol. The smallest absolute Gasteiger partial charge is 0.127 e. The van der Waals surface area contributed by atoms with E-state index in [-0.39, 0.29) is 11.8 Å². The molecule has 1 aliphatic rings. The maximum atomic E-state index is 10.0. The van der Waals surface area contributed by atoms with Gasteiger partial charge >= 0.3 is 0 Å². The summed E-state index contributed by atoms with van der Waals surface area (Å²) >= 11 is 0. The van der Waals surface area contributed by atoms with Gasteiger partial charge in [-0.05, 0) is 38.3 Å². The zero-order valence-corrected chi connectivity index (χ0v) is 11.8. The summed E-state index contributed by atoms with van der Waals surface area (Å²) in [6.07, 6.45) is 4.60. The van der Waals surface area contributed by atoms with Crippen molar-refractivity contribution >= 4 is 0 Å². The first-order chi connectivity index (χ1) is 9.17. The molecule has 2 unspecified atom stereocenters. The number of likely N-dealkylation sites (tertiary alicyclic amines) is 1. The second kappa shape index (κ2) is 6.08. The van der Waals surface area contributed by atoms with E-state index in [1.54, 1.807) is 6.07 Å². The van der Waals surface area contributed by atoms with Crippen molar-refractivity contribution in [2.45, 2.75) is 51.6 Å². The summed E-state index contributed by atoms with van der Waals surface area (Å²) in [5.41, 5.74) is 1.83. The zero-order chi connectivity index (χ0) is 13.8. The number of aromatic hydroxyl groups is 1. The van der Waals surface area contributed by atoms with E-state index in [1.165, 1.54) is 6.42 Å². The zero-order valence-electron chi connectivity index (χ0n) is 11.8. The fourth-order valence-corrected chi connectivity index (χ4v) is 3.02. The lowest BCUT2D eigenvalue weighted by Gasteiger charge is -2.38. The average molecular weight is 258 g/mol. The van der Waals surface area contributed by atoms with Crippen molar-refractivity contribution in [2.24, 2.45) is 0 Å². The number of piperidine rings is 1. The van der Waals surface area contributed by atoms with E-state index in [1.807, 2.05) is 19.1 Å². The van der Waals surface area contributed by atoms with E-state index in [9.17, 15) is 10.4 Å². The van der Waals surface area contributed by atoms with Gasteiger partial charge in [0.1, 0.15) is 11.8 Å². The Kier molecular flexibility index (Phi) is 4.44. The number of phenols is 1. The summed E-state index contributed by atoms with van der Waals surface area (Å²) in [5.74, 6) is 0.234. The molecule has 0 radical (unpaired) electrons. The minimum absolute atomic E-state index is 0.234. The Bertz CT molecular complexity index is 478. The monoisotopic (exact) mass is 258 g/mol. The number of nitrogens with zero attached hydrogens (tertiary/aromatic N) is 2. The number of aryl methyl sites for hydroxylation is 1. The molecule has 2 atom stereocenters. The van der Waals surface area contributed by atoms with E-state index in [2.05, 4.69) is 17.9 Å². The van der Waals surface area contributed by atoms with Gasteiger partial charge in [-0.3, -0.25) is 4.90 Å². The van der Waals surface area contributed by atoms with Crippen molar-refractivity contribution in [3.63, 3.8) is 0 Å². The van der Waals surface area contributed by atoms with Gasteiger partial charge in [-0.2, -0.15) is 5.26 Å². The predicted octanol–water partition coefficient (Wildman–Crippen LogP) is 3.53. The Hall–Kier alpha value is -1.53. The molecule has 3 nitrogen and oxygen atoms in total. The van der Waals surface area contributed by atoms with Crippen molar-refractivity contribution in [3.8, 4) is 11.8 Å². The molecule has 1 fully saturated rings. The Labute approximate surface area is 115 Å². The van der Waals surface area contributed by atoms with Crippen LogP contribution < -0.4 is 0 Å². The fourth-order valence-electron chi connectivity index (χ4n) is 3.02. The van der Waals surface area contributed by atoms with E-state index in [4.69, 9.17) is 0 Å². The molecule has 1 heterocycles. The summed E-state index contributed by atoms with van der Waals surface area (Å²) in [6, 6.07) is 8.02. The van der Waals surface area contributed by atoms with Crippen LogP contribution in [0.2, 0.25) is 0 Å². The molecule has 1 aliphatic heterocycles. The van der Waals surface area contributed by atoms with Gasteiger partial charge in [0.15, 0.2) is 0 Å². The minimum Gasteiger partial charge on any atom is -0.508 e. The van der Waals surface area contributed by atoms with Crippen LogP contribution in [0, 0.1) is 18.3 Å². The van der Waals surface area contributed by atoms with Gasteiger partial charge in [0, 0.05) is 18.2 Å². The second-order valence-corrected chi connectivity index (χ2v) is 5.39. The lowest BCUT2D eigenvalue weighted by Crippen LogP contribution is -2.41. The van der Waals surface area contributed by atoms with Gasteiger partial charge in [0.2, 0.25) is 0 Å². The molecular formula is C16H22N2O. The summed E-state index contributed by atoms with van der Waals surface area (Å²) in [5, 5.41) is 19.6. The summed E-state index contributed by atoms with van der Waals surface area (Å²) in [7, 11) is 0. The van der Waals surface area contributed by atoms with Crippen LogP contribution in [0.4, 0.5) is 0 Å². The van der Waals surface area contributed by atoms with Crippen LogP contribution in [0.1, 0.15) is 49.8 Å². The quantitative estimate of drug-likeness (QED) is 0.902. The Balaban J connectivity index is 2.33. The Morgan fingerprint density at radius 3 is 2.95 bits per heavy atom. The largest absolute Gasteiger partial charge is 0.508 e. The molecule has 1 N–H and O–H groups in total. The van der Waals surface area contributed by atoms with Gasteiger partial charge in [-0.15, -0.1) is 0 Å². The molecule has 1 saturated heterocycles. The molecule has 102 valence electrons. The standard InChI is InChI=1S/C16H22N2O/c1-3-13-6-4-5-9-18(13)15(11-17)14-10-12(2)7-8-16(14)19/h7-8,10,13,15,19H,3-6,9H2,1-2H3. The molecule has 0 spiro atoms. The first-order valence-corrected chi connectivity index (χ1v) is 7.12. The van der Waals surface area contributed by atoms with Crippen LogP contribution in [0.3, 0.4) is 0 Å². The van der Waals surface area contributed by atoms with E-state index >= 15 is 0 Å². The van der Waals surface area contributed by atoms with Crippen molar-refractivity contribution in [2.75, 3.05) is 6.54 Å². The van der Waals surface area contributed by atoms with Crippen LogP contribution in [0.15, 0.2) is 18.2 Å². The molecule has 3 heteroatoms. The Morgan fingerprint density at radius 1 is 1.47 bits per heavy atom. The van der Waals surface area contributed by atoms with Crippen LogP contribution in [-0.2, 0) is 0 Å². The molecule has 0 aromatic heterocycles. The normalized spacial score (nSPS) is 21.8. The molecule has 0 saturated carbocycles. The average Bonchev–Trinajstić information content (AvgIpc) is 2.44. The van der Waals surface area contributed by atoms with Crippen molar-refractivity contribution < 1.29 is 5.11 Å². The maximum absolute atomic E-state index is 10.0. The van der Waals surface area contributed by atoms with E-state index in [0.29, 0.717) is 6.04 Å². The second-order valence-electron chi connectivity index (χ2n) is 5.39. The van der Waals surface area contributed by atoms with Gasteiger partial charge in [-0.25, -0.2) is 0 Å². The Morgan fingerprint density at radius 2 is 2.26 bits per heavy atom. The lowest BCUT2D eigenvalue weighted by atomic mass is 9.94. The van der Waals surface area contributed by atoms with Crippen LogP contribution in [-0.4, -0.2) is 22.6 Å². The third-order valence-electron chi connectivity index (χ3n) is 4.08. The number of benzene rings is 1. The summed E-state index contributed by atoms with van der Waals surface area (Å²) < 4.78 is 0. The lowest BCUT2D eigenvalue weighted by molar-refractivity contribution is 0.115. The molecule has 1 aromatic carbocycles. The molecule has 1 aromatic rings. The van der Waals surface area contributed by atoms with Gasteiger partial charge < -0.3 is 5.11 Å². The highest BCUT2D eigenvalue weighted by atomic mass is 16.3. The van der Waals surface area contributed by atoms with Crippen LogP contribution >= 0.6 is 0 Å². The van der Waals surface area contributed by atoms with Gasteiger partial charge in [-0.1, -0.05) is 25.0 Å².